The van der Waals surface area contributed by atoms with Gasteiger partial charge in [0.25, 0.3) is 0 Å². The molecule has 1 aliphatic rings. The molecule has 0 spiro atoms. The number of halogens is 1. The van der Waals surface area contributed by atoms with Gasteiger partial charge in [-0.25, -0.2) is 9.97 Å². The molecule has 4 heteroatoms. The van der Waals surface area contributed by atoms with Crippen molar-refractivity contribution < 1.29 is 0 Å². The van der Waals surface area contributed by atoms with E-state index in [4.69, 9.17) is 0 Å². The molecule has 1 aliphatic carbocycles. The van der Waals surface area contributed by atoms with Crippen LogP contribution in [0.15, 0.2) is 10.7 Å². The number of hydrogen-bond acceptors (Lipinski definition) is 3. The summed E-state index contributed by atoms with van der Waals surface area (Å²) in [6, 6.07) is 2.53. The van der Waals surface area contributed by atoms with E-state index in [0.717, 1.165) is 22.2 Å². The third kappa shape index (κ3) is 4.16. The van der Waals surface area contributed by atoms with Gasteiger partial charge in [-0.3, -0.25) is 0 Å². The summed E-state index contributed by atoms with van der Waals surface area (Å²) in [5.41, 5.74) is -0.0277. The van der Waals surface area contributed by atoms with Gasteiger partial charge < -0.3 is 5.32 Å². The van der Waals surface area contributed by atoms with Crippen LogP contribution in [0.1, 0.15) is 59.2 Å². The standard InChI is InChI=1S/C15H24BrN3/c1-10-6-5-7-11(8-10)17-13-9-12(16)18-14(19-13)15(2,3)4/h9-11H,5-8H2,1-4H3,(H,17,18,19). The maximum atomic E-state index is 4.67. The molecule has 1 aromatic heterocycles. The molecule has 0 radical (unpaired) electrons. The first-order chi connectivity index (χ1) is 8.84. The minimum absolute atomic E-state index is 0.0277. The number of rotatable bonds is 2. The number of nitrogens with one attached hydrogen (secondary N) is 1. The van der Waals surface area contributed by atoms with Gasteiger partial charge in [0, 0.05) is 17.5 Å². The van der Waals surface area contributed by atoms with Crippen molar-refractivity contribution in [3.63, 3.8) is 0 Å². The lowest BCUT2D eigenvalue weighted by molar-refractivity contribution is 0.358. The molecule has 0 aliphatic heterocycles. The second-order valence-corrected chi connectivity index (χ2v) is 7.58. The van der Waals surface area contributed by atoms with Crippen molar-refractivity contribution >= 4 is 21.7 Å². The average Bonchev–Trinajstić information content (AvgIpc) is 2.26. The molecule has 2 unspecified atom stereocenters. The highest BCUT2D eigenvalue weighted by molar-refractivity contribution is 9.10. The smallest absolute Gasteiger partial charge is 0.137 e. The molecule has 1 saturated carbocycles. The first-order valence-electron chi connectivity index (χ1n) is 7.16. The maximum absolute atomic E-state index is 4.67. The number of anilines is 1. The van der Waals surface area contributed by atoms with E-state index in [0.29, 0.717) is 6.04 Å². The molecular weight excluding hydrogens is 302 g/mol. The van der Waals surface area contributed by atoms with Gasteiger partial charge in [-0.2, -0.15) is 0 Å². The van der Waals surface area contributed by atoms with Crippen molar-refractivity contribution in [1.29, 1.82) is 0 Å². The number of hydrogen-bond donors (Lipinski definition) is 1. The summed E-state index contributed by atoms with van der Waals surface area (Å²) in [7, 11) is 0. The molecule has 2 rings (SSSR count). The third-order valence-corrected chi connectivity index (χ3v) is 4.06. The van der Waals surface area contributed by atoms with E-state index < -0.39 is 0 Å². The third-order valence-electron chi connectivity index (χ3n) is 3.65. The van der Waals surface area contributed by atoms with E-state index in [9.17, 15) is 0 Å². The van der Waals surface area contributed by atoms with E-state index in [1.807, 2.05) is 6.07 Å². The molecule has 1 fully saturated rings. The highest BCUT2D eigenvalue weighted by Crippen LogP contribution is 2.27. The molecule has 106 valence electrons. The molecule has 0 bridgehead atoms. The molecule has 2 atom stereocenters. The van der Waals surface area contributed by atoms with Gasteiger partial charge in [-0.1, -0.05) is 40.5 Å². The average molecular weight is 326 g/mol. The monoisotopic (exact) mass is 325 g/mol. The Morgan fingerprint density at radius 2 is 2.00 bits per heavy atom. The minimum atomic E-state index is -0.0277. The largest absolute Gasteiger partial charge is 0.367 e. The van der Waals surface area contributed by atoms with Crippen molar-refractivity contribution in [3.05, 3.63) is 16.5 Å². The zero-order valence-corrected chi connectivity index (χ0v) is 13.9. The fraction of sp³-hybridized carbons (Fsp3) is 0.733. The van der Waals surface area contributed by atoms with Crippen molar-refractivity contribution in [3.8, 4) is 0 Å². The van der Waals surface area contributed by atoms with Crippen LogP contribution < -0.4 is 5.32 Å². The maximum Gasteiger partial charge on any atom is 0.137 e. The lowest BCUT2D eigenvalue weighted by Crippen LogP contribution is -2.27. The normalized spacial score (nSPS) is 24.3. The van der Waals surface area contributed by atoms with Crippen molar-refractivity contribution in [2.75, 3.05) is 5.32 Å². The fourth-order valence-corrected chi connectivity index (χ4v) is 2.99. The summed E-state index contributed by atoms with van der Waals surface area (Å²) in [6.45, 7) is 8.76. The Labute approximate surface area is 124 Å². The SMILES string of the molecule is CC1CCCC(Nc2cc(Br)nc(C(C)(C)C)n2)C1. The summed E-state index contributed by atoms with van der Waals surface area (Å²) in [4.78, 5) is 9.15. The van der Waals surface area contributed by atoms with Crippen LogP contribution in [0.3, 0.4) is 0 Å². The first-order valence-corrected chi connectivity index (χ1v) is 7.95. The summed E-state index contributed by atoms with van der Waals surface area (Å²) in [5, 5.41) is 3.58. The second-order valence-electron chi connectivity index (χ2n) is 6.76. The van der Waals surface area contributed by atoms with E-state index in [-0.39, 0.29) is 5.41 Å². The molecule has 0 aromatic carbocycles. The Morgan fingerprint density at radius 1 is 1.26 bits per heavy atom. The predicted octanol–water partition coefficient (Wildman–Crippen LogP) is 4.53. The molecule has 0 amide bonds. The van der Waals surface area contributed by atoms with Gasteiger partial charge in [0.2, 0.25) is 0 Å². The summed E-state index contributed by atoms with van der Waals surface area (Å²) < 4.78 is 0.860. The van der Waals surface area contributed by atoms with Gasteiger partial charge in [0.15, 0.2) is 0 Å². The van der Waals surface area contributed by atoms with Crippen molar-refractivity contribution in [2.45, 2.75) is 64.8 Å². The molecule has 1 heterocycles. The second kappa shape index (κ2) is 5.78. The van der Waals surface area contributed by atoms with E-state index in [1.165, 1.54) is 25.7 Å². The molecular formula is C15H24BrN3. The van der Waals surface area contributed by atoms with Crippen LogP contribution in [0.2, 0.25) is 0 Å². The van der Waals surface area contributed by atoms with Crippen LogP contribution in [0.25, 0.3) is 0 Å². The van der Waals surface area contributed by atoms with Crippen LogP contribution in [0.5, 0.6) is 0 Å². The zero-order chi connectivity index (χ0) is 14.0. The van der Waals surface area contributed by atoms with Crippen molar-refractivity contribution in [1.82, 2.24) is 9.97 Å². The van der Waals surface area contributed by atoms with Gasteiger partial charge in [-0.15, -0.1) is 0 Å². The lowest BCUT2D eigenvalue weighted by atomic mass is 9.87. The molecule has 0 saturated heterocycles. The fourth-order valence-electron chi connectivity index (χ4n) is 2.60. The van der Waals surface area contributed by atoms with Gasteiger partial charge in [-0.05, 0) is 34.7 Å². The predicted molar refractivity (Wildman–Crippen MR) is 83.5 cm³/mol. The van der Waals surface area contributed by atoms with E-state index in [2.05, 4.69) is 58.9 Å². The molecule has 3 nitrogen and oxygen atoms in total. The van der Waals surface area contributed by atoms with Gasteiger partial charge in [0.05, 0.1) is 0 Å². The Bertz CT molecular complexity index is 440. The minimum Gasteiger partial charge on any atom is -0.367 e. The van der Waals surface area contributed by atoms with Crippen LogP contribution in [-0.2, 0) is 5.41 Å². The zero-order valence-electron chi connectivity index (χ0n) is 12.3. The highest BCUT2D eigenvalue weighted by atomic mass is 79.9. The molecule has 1 N–H and O–H groups in total. The van der Waals surface area contributed by atoms with E-state index in [1.54, 1.807) is 0 Å². The summed E-state index contributed by atoms with van der Waals surface area (Å²) in [6.07, 6.45) is 5.17. The van der Waals surface area contributed by atoms with Crippen LogP contribution >= 0.6 is 15.9 Å². The Morgan fingerprint density at radius 3 is 2.63 bits per heavy atom. The van der Waals surface area contributed by atoms with Crippen LogP contribution in [0.4, 0.5) is 5.82 Å². The van der Waals surface area contributed by atoms with Crippen molar-refractivity contribution in [2.24, 2.45) is 5.92 Å². The van der Waals surface area contributed by atoms with E-state index >= 15 is 0 Å². The van der Waals surface area contributed by atoms with Gasteiger partial charge in [0.1, 0.15) is 16.2 Å². The topological polar surface area (TPSA) is 37.8 Å². The van der Waals surface area contributed by atoms with Crippen LogP contribution in [0, 0.1) is 5.92 Å². The number of aromatic nitrogens is 2. The Hall–Kier alpha value is -0.640. The molecule has 19 heavy (non-hydrogen) atoms. The summed E-state index contributed by atoms with van der Waals surface area (Å²) >= 11 is 3.49. The summed E-state index contributed by atoms with van der Waals surface area (Å²) in [5.74, 6) is 2.65. The molecule has 1 aromatic rings. The lowest BCUT2D eigenvalue weighted by Gasteiger charge is -2.28. The Kier molecular flexibility index (Phi) is 4.49. The highest BCUT2D eigenvalue weighted by Gasteiger charge is 2.22. The van der Waals surface area contributed by atoms with Gasteiger partial charge >= 0.3 is 0 Å². The first kappa shape index (κ1) is 14.8. The van der Waals surface area contributed by atoms with Crippen LogP contribution in [-0.4, -0.2) is 16.0 Å². The quantitative estimate of drug-likeness (QED) is 0.812. The number of nitrogens with zero attached hydrogens (tertiary/aromatic N) is 2. The Balaban J connectivity index is 2.14.